The highest BCUT2D eigenvalue weighted by Gasteiger charge is 2.20. The van der Waals surface area contributed by atoms with Crippen molar-refractivity contribution in [2.45, 2.75) is 13.1 Å². The van der Waals surface area contributed by atoms with Crippen molar-refractivity contribution in [1.82, 2.24) is 18.7 Å². The normalized spacial score (nSPS) is 11.2. The lowest BCUT2D eigenvalue weighted by atomic mass is 10.2. The van der Waals surface area contributed by atoms with Crippen LogP contribution in [0, 0.1) is 0 Å². The van der Waals surface area contributed by atoms with Crippen LogP contribution in [0.15, 0.2) is 64.4 Å². The monoisotopic (exact) mass is 440 g/mol. The van der Waals surface area contributed by atoms with E-state index in [1.165, 1.54) is 11.7 Å². The largest absolute Gasteiger partial charge is 0.497 e. The van der Waals surface area contributed by atoms with Crippen molar-refractivity contribution in [1.29, 1.82) is 0 Å². The maximum Gasteiger partial charge on any atom is 0.337 e. The number of fused-ring (bicyclic) bond motifs is 1. The Morgan fingerprint density at radius 3 is 2.45 bits per heavy atom. The average Bonchev–Trinajstić information content (AvgIpc) is 3.19. The maximum absolute atomic E-state index is 13.3. The number of halogens is 1. The van der Waals surface area contributed by atoms with Gasteiger partial charge in [0.25, 0.3) is 5.56 Å². The zero-order valence-electron chi connectivity index (χ0n) is 17.1. The molecule has 0 N–H and O–H groups in total. The molecule has 0 amide bonds. The first-order valence-corrected chi connectivity index (χ1v) is 10.0. The van der Waals surface area contributed by atoms with E-state index < -0.39 is 11.2 Å². The van der Waals surface area contributed by atoms with Crippen LogP contribution in [0.25, 0.3) is 16.9 Å². The Hall–Kier alpha value is -3.36. The van der Waals surface area contributed by atoms with Gasteiger partial charge in [0, 0.05) is 13.7 Å². The molecule has 160 valence electrons. The second kappa shape index (κ2) is 8.79. The van der Waals surface area contributed by atoms with Crippen molar-refractivity contribution in [3.8, 4) is 11.4 Å². The molecule has 0 fully saturated rings. The van der Waals surface area contributed by atoms with Gasteiger partial charge >= 0.3 is 5.69 Å². The van der Waals surface area contributed by atoms with Gasteiger partial charge in [-0.05, 0) is 29.8 Å². The molecule has 0 saturated carbocycles. The molecule has 0 unspecified atom stereocenters. The number of hydrogen-bond donors (Lipinski definition) is 0. The highest BCUT2D eigenvalue weighted by atomic mass is 35.5. The molecule has 4 aromatic rings. The predicted octanol–water partition coefficient (Wildman–Crippen LogP) is 2.71. The number of ether oxygens (including phenoxy) is 2. The van der Waals surface area contributed by atoms with Crippen LogP contribution in [0.3, 0.4) is 0 Å². The highest BCUT2D eigenvalue weighted by molar-refractivity contribution is 6.32. The summed E-state index contributed by atoms with van der Waals surface area (Å²) in [5.41, 5.74) is 1.04. The molecule has 2 aromatic carbocycles. The number of benzene rings is 2. The zero-order chi connectivity index (χ0) is 22.0. The fraction of sp³-hybridized carbons (Fsp3) is 0.227. The number of rotatable bonds is 7. The summed E-state index contributed by atoms with van der Waals surface area (Å²) in [5.74, 6) is 0.744. The lowest BCUT2D eigenvalue weighted by Crippen LogP contribution is -2.41. The lowest BCUT2D eigenvalue weighted by molar-refractivity contribution is 0.184. The highest BCUT2D eigenvalue weighted by Crippen LogP contribution is 2.22. The maximum atomic E-state index is 13.3. The molecule has 0 aliphatic carbocycles. The van der Waals surface area contributed by atoms with Gasteiger partial charge in [0.05, 0.1) is 37.3 Å². The smallest absolute Gasteiger partial charge is 0.337 e. The van der Waals surface area contributed by atoms with E-state index in [4.69, 9.17) is 21.1 Å². The molecule has 2 aromatic heterocycles. The summed E-state index contributed by atoms with van der Waals surface area (Å²) >= 11 is 6.37. The van der Waals surface area contributed by atoms with E-state index in [1.807, 2.05) is 24.3 Å². The standard InChI is InChI=1S/C22H21ClN4O4/c1-30-12-11-26-21(28)19-20(27(22(26)29)18-6-4-3-5-17(18)23)24-14-25(19)13-15-7-9-16(31-2)10-8-15/h3-10,14H,11-13H2,1-2H3. The van der Waals surface area contributed by atoms with Gasteiger partial charge in [-0.2, -0.15) is 0 Å². The van der Waals surface area contributed by atoms with Crippen molar-refractivity contribution >= 4 is 22.8 Å². The van der Waals surface area contributed by atoms with Crippen LogP contribution in [0.4, 0.5) is 0 Å². The summed E-state index contributed by atoms with van der Waals surface area (Å²) in [6.45, 7) is 0.735. The molecule has 0 saturated heterocycles. The summed E-state index contributed by atoms with van der Waals surface area (Å²) < 4.78 is 14.6. The molecule has 0 aliphatic rings. The van der Waals surface area contributed by atoms with Crippen molar-refractivity contribution < 1.29 is 9.47 Å². The first-order chi connectivity index (χ1) is 15.0. The van der Waals surface area contributed by atoms with Crippen molar-refractivity contribution in [3.63, 3.8) is 0 Å². The third-order valence-electron chi connectivity index (χ3n) is 5.02. The van der Waals surface area contributed by atoms with Gasteiger partial charge in [-0.1, -0.05) is 35.9 Å². The Morgan fingerprint density at radius 1 is 1.03 bits per heavy atom. The fourth-order valence-electron chi connectivity index (χ4n) is 3.46. The van der Waals surface area contributed by atoms with Crippen LogP contribution in [0.5, 0.6) is 5.75 Å². The molecule has 0 aliphatic heterocycles. The zero-order valence-corrected chi connectivity index (χ0v) is 17.9. The van der Waals surface area contributed by atoms with E-state index in [2.05, 4.69) is 4.98 Å². The number of para-hydroxylation sites is 1. The minimum absolute atomic E-state index is 0.113. The van der Waals surface area contributed by atoms with E-state index in [0.717, 1.165) is 15.9 Å². The van der Waals surface area contributed by atoms with E-state index in [9.17, 15) is 9.59 Å². The van der Waals surface area contributed by atoms with Crippen molar-refractivity contribution in [3.05, 3.63) is 86.3 Å². The Balaban J connectivity index is 1.94. The van der Waals surface area contributed by atoms with Crippen LogP contribution < -0.4 is 16.0 Å². The third-order valence-corrected chi connectivity index (χ3v) is 5.34. The first kappa shape index (κ1) is 20.9. The van der Waals surface area contributed by atoms with Gasteiger partial charge in [0.2, 0.25) is 0 Å². The number of imidazole rings is 1. The van der Waals surface area contributed by atoms with Crippen molar-refractivity contribution in [2.24, 2.45) is 0 Å². The molecular formula is C22H21ClN4O4. The Morgan fingerprint density at radius 2 is 1.77 bits per heavy atom. The number of aromatic nitrogens is 4. The number of methoxy groups -OCH3 is 2. The van der Waals surface area contributed by atoms with E-state index in [0.29, 0.717) is 22.8 Å². The Bertz CT molecular complexity index is 1340. The van der Waals surface area contributed by atoms with Gasteiger partial charge in [0.15, 0.2) is 11.2 Å². The van der Waals surface area contributed by atoms with Gasteiger partial charge in [-0.15, -0.1) is 0 Å². The number of nitrogens with zero attached hydrogens (tertiary/aromatic N) is 4. The van der Waals surface area contributed by atoms with Crippen LogP contribution in [0.2, 0.25) is 5.02 Å². The summed E-state index contributed by atoms with van der Waals surface area (Å²) in [7, 11) is 3.12. The van der Waals surface area contributed by atoms with Gasteiger partial charge in [0.1, 0.15) is 5.75 Å². The van der Waals surface area contributed by atoms with Gasteiger partial charge < -0.3 is 14.0 Å². The van der Waals surface area contributed by atoms with Crippen LogP contribution in [-0.4, -0.2) is 39.5 Å². The lowest BCUT2D eigenvalue weighted by Gasteiger charge is -2.13. The molecule has 0 spiro atoms. The predicted molar refractivity (Wildman–Crippen MR) is 119 cm³/mol. The molecule has 8 nitrogen and oxygen atoms in total. The Kier molecular flexibility index (Phi) is 5.92. The third kappa shape index (κ3) is 3.87. The molecule has 0 bridgehead atoms. The van der Waals surface area contributed by atoms with Crippen LogP contribution in [-0.2, 0) is 17.8 Å². The topological polar surface area (TPSA) is 80.3 Å². The molecule has 4 rings (SSSR count). The molecule has 0 atom stereocenters. The fourth-order valence-corrected chi connectivity index (χ4v) is 3.68. The van der Waals surface area contributed by atoms with Crippen molar-refractivity contribution in [2.75, 3.05) is 20.8 Å². The van der Waals surface area contributed by atoms with Gasteiger partial charge in [-0.3, -0.25) is 9.36 Å². The molecule has 31 heavy (non-hydrogen) atoms. The minimum atomic E-state index is -0.516. The Labute approximate surface area is 182 Å². The molecule has 9 heteroatoms. The van der Waals surface area contributed by atoms with E-state index in [-0.39, 0.29) is 18.8 Å². The first-order valence-electron chi connectivity index (χ1n) is 9.62. The molecular weight excluding hydrogens is 420 g/mol. The van der Waals surface area contributed by atoms with Crippen LogP contribution >= 0.6 is 11.6 Å². The molecule has 0 radical (unpaired) electrons. The summed E-state index contributed by atoms with van der Waals surface area (Å²) in [5, 5.41) is 0.382. The summed E-state index contributed by atoms with van der Waals surface area (Å²) in [6.07, 6.45) is 1.56. The second-order valence-electron chi connectivity index (χ2n) is 6.91. The second-order valence-corrected chi connectivity index (χ2v) is 7.32. The van der Waals surface area contributed by atoms with E-state index in [1.54, 1.807) is 42.3 Å². The average molecular weight is 441 g/mol. The van der Waals surface area contributed by atoms with E-state index >= 15 is 0 Å². The SMILES string of the molecule is COCCn1c(=O)c2c(ncn2Cc2ccc(OC)cc2)n(-c2ccccc2Cl)c1=O. The quantitative estimate of drug-likeness (QED) is 0.441. The minimum Gasteiger partial charge on any atom is -0.497 e. The molecule has 2 heterocycles. The summed E-state index contributed by atoms with van der Waals surface area (Å²) in [6, 6.07) is 14.5. The number of hydrogen-bond acceptors (Lipinski definition) is 5. The summed E-state index contributed by atoms with van der Waals surface area (Å²) in [4.78, 5) is 30.9. The van der Waals surface area contributed by atoms with Crippen LogP contribution in [0.1, 0.15) is 5.56 Å². The van der Waals surface area contributed by atoms with Gasteiger partial charge in [-0.25, -0.2) is 14.3 Å².